The average molecular weight is 211 g/mol. The monoisotopic (exact) mass is 210 g/mol. The summed E-state index contributed by atoms with van der Waals surface area (Å²) in [6, 6.07) is 7.17. The van der Waals surface area contributed by atoms with Crippen molar-refractivity contribution in [1.29, 1.82) is 5.26 Å². The summed E-state index contributed by atoms with van der Waals surface area (Å²) in [5.74, 6) is 0. The van der Waals surface area contributed by atoms with Gasteiger partial charge in [0.2, 0.25) is 0 Å². The van der Waals surface area contributed by atoms with E-state index >= 15 is 0 Å². The van der Waals surface area contributed by atoms with Crippen LogP contribution in [0.15, 0.2) is 18.2 Å². The molecule has 14 heavy (non-hydrogen) atoms. The lowest BCUT2D eigenvalue weighted by Crippen LogP contribution is -2.07. The van der Waals surface area contributed by atoms with Crippen LogP contribution in [0.1, 0.15) is 5.56 Å². The summed E-state index contributed by atoms with van der Waals surface area (Å²) in [7, 11) is 1.64. The van der Waals surface area contributed by atoms with Crippen LogP contribution in [-0.2, 0) is 4.74 Å². The summed E-state index contributed by atoms with van der Waals surface area (Å²) in [5.41, 5.74) is 1.38. The zero-order chi connectivity index (χ0) is 10.4. The first-order chi connectivity index (χ1) is 6.77. The largest absolute Gasteiger partial charge is 0.383 e. The molecule has 0 spiro atoms. The SMILES string of the molecule is COCCNc1ccc(C#N)cc1Cl. The molecule has 0 aliphatic rings. The van der Waals surface area contributed by atoms with E-state index in [4.69, 9.17) is 21.6 Å². The molecule has 0 amide bonds. The van der Waals surface area contributed by atoms with Gasteiger partial charge in [-0.2, -0.15) is 5.26 Å². The Morgan fingerprint density at radius 2 is 2.36 bits per heavy atom. The Morgan fingerprint density at radius 3 is 2.93 bits per heavy atom. The molecule has 0 aliphatic carbocycles. The van der Waals surface area contributed by atoms with Crippen molar-refractivity contribution in [3.05, 3.63) is 28.8 Å². The molecule has 0 saturated carbocycles. The number of hydrogen-bond acceptors (Lipinski definition) is 3. The van der Waals surface area contributed by atoms with Gasteiger partial charge < -0.3 is 10.1 Å². The van der Waals surface area contributed by atoms with Crippen LogP contribution in [0.5, 0.6) is 0 Å². The zero-order valence-electron chi connectivity index (χ0n) is 7.88. The van der Waals surface area contributed by atoms with Crippen molar-refractivity contribution in [2.24, 2.45) is 0 Å². The number of rotatable bonds is 4. The third-order valence-electron chi connectivity index (χ3n) is 1.72. The number of benzene rings is 1. The van der Waals surface area contributed by atoms with Crippen molar-refractivity contribution < 1.29 is 4.74 Å². The molecule has 0 unspecified atom stereocenters. The van der Waals surface area contributed by atoms with Gasteiger partial charge in [0.25, 0.3) is 0 Å². The molecular formula is C10H11ClN2O. The highest BCUT2D eigenvalue weighted by Crippen LogP contribution is 2.22. The van der Waals surface area contributed by atoms with Crippen LogP contribution in [-0.4, -0.2) is 20.3 Å². The first-order valence-electron chi connectivity index (χ1n) is 4.20. The lowest BCUT2D eigenvalue weighted by Gasteiger charge is -2.07. The van der Waals surface area contributed by atoms with Gasteiger partial charge >= 0.3 is 0 Å². The lowest BCUT2D eigenvalue weighted by molar-refractivity contribution is 0.211. The van der Waals surface area contributed by atoms with E-state index in [1.165, 1.54) is 0 Å². The van der Waals surface area contributed by atoms with Crippen LogP contribution in [0.3, 0.4) is 0 Å². The Labute approximate surface area is 88.3 Å². The fourth-order valence-electron chi connectivity index (χ4n) is 1.02. The molecule has 4 heteroatoms. The highest BCUT2D eigenvalue weighted by atomic mass is 35.5. The topological polar surface area (TPSA) is 45.0 Å². The molecule has 0 saturated heterocycles. The Bertz CT molecular complexity index is 346. The Balaban J connectivity index is 2.65. The fourth-order valence-corrected chi connectivity index (χ4v) is 1.26. The van der Waals surface area contributed by atoms with Crippen molar-refractivity contribution in [2.75, 3.05) is 25.6 Å². The quantitative estimate of drug-likeness (QED) is 0.776. The summed E-state index contributed by atoms with van der Waals surface area (Å²) < 4.78 is 4.89. The van der Waals surface area contributed by atoms with Gasteiger partial charge in [0.15, 0.2) is 0 Å². The maximum absolute atomic E-state index is 8.62. The van der Waals surface area contributed by atoms with Gasteiger partial charge in [0, 0.05) is 13.7 Å². The number of nitriles is 1. The van der Waals surface area contributed by atoms with Gasteiger partial charge in [-0.15, -0.1) is 0 Å². The molecule has 1 N–H and O–H groups in total. The van der Waals surface area contributed by atoms with Crippen LogP contribution in [0, 0.1) is 11.3 Å². The van der Waals surface area contributed by atoms with Crippen molar-refractivity contribution in [3.8, 4) is 6.07 Å². The summed E-state index contributed by atoms with van der Waals surface area (Å²) in [4.78, 5) is 0. The van der Waals surface area contributed by atoms with Gasteiger partial charge in [-0.05, 0) is 18.2 Å². The summed E-state index contributed by atoms with van der Waals surface area (Å²) in [5, 5.41) is 12.3. The predicted octanol–water partition coefficient (Wildman–Crippen LogP) is 2.27. The molecule has 74 valence electrons. The number of methoxy groups -OCH3 is 1. The smallest absolute Gasteiger partial charge is 0.0992 e. The second-order valence-corrected chi connectivity index (χ2v) is 3.13. The average Bonchev–Trinajstić information content (AvgIpc) is 2.20. The predicted molar refractivity (Wildman–Crippen MR) is 56.5 cm³/mol. The molecule has 0 bridgehead atoms. The third-order valence-corrected chi connectivity index (χ3v) is 2.03. The van der Waals surface area contributed by atoms with E-state index in [1.54, 1.807) is 25.3 Å². The van der Waals surface area contributed by atoms with Gasteiger partial charge in [-0.3, -0.25) is 0 Å². The van der Waals surface area contributed by atoms with E-state index in [0.29, 0.717) is 23.7 Å². The minimum atomic E-state index is 0.556. The van der Waals surface area contributed by atoms with Crippen LogP contribution >= 0.6 is 11.6 Å². The van der Waals surface area contributed by atoms with E-state index in [9.17, 15) is 0 Å². The summed E-state index contributed by atoms with van der Waals surface area (Å²) in [6.07, 6.45) is 0. The summed E-state index contributed by atoms with van der Waals surface area (Å²) in [6.45, 7) is 1.32. The molecule has 0 atom stereocenters. The number of hydrogen-bond donors (Lipinski definition) is 1. The highest BCUT2D eigenvalue weighted by Gasteiger charge is 2.00. The van der Waals surface area contributed by atoms with Gasteiger partial charge in [0.1, 0.15) is 0 Å². The standard InChI is InChI=1S/C10H11ClN2O/c1-14-5-4-13-10-3-2-8(7-12)6-9(10)11/h2-3,6,13H,4-5H2,1H3. The Kier molecular flexibility index (Phi) is 4.24. The fraction of sp³-hybridized carbons (Fsp3) is 0.300. The molecule has 0 aliphatic heterocycles. The van der Waals surface area contributed by atoms with E-state index in [2.05, 4.69) is 5.32 Å². The zero-order valence-corrected chi connectivity index (χ0v) is 8.64. The van der Waals surface area contributed by atoms with Crippen molar-refractivity contribution in [1.82, 2.24) is 0 Å². The Hall–Kier alpha value is -1.24. The lowest BCUT2D eigenvalue weighted by atomic mass is 10.2. The van der Waals surface area contributed by atoms with E-state index < -0.39 is 0 Å². The van der Waals surface area contributed by atoms with Crippen LogP contribution in [0.2, 0.25) is 5.02 Å². The second-order valence-electron chi connectivity index (χ2n) is 2.73. The first-order valence-corrected chi connectivity index (χ1v) is 4.58. The molecule has 3 nitrogen and oxygen atoms in total. The van der Waals surface area contributed by atoms with Crippen LogP contribution < -0.4 is 5.32 Å². The van der Waals surface area contributed by atoms with Gasteiger partial charge in [0.05, 0.1) is 28.9 Å². The van der Waals surface area contributed by atoms with Crippen LogP contribution in [0.4, 0.5) is 5.69 Å². The molecule has 0 heterocycles. The maximum Gasteiger partial charge on any atom is 0.0992 e. The molecule has 0 aromatic heterocycles. The molecule has 0 fully saturated rings. The van der Waals surface area contributed by atoms with Crippen LogP contribution in [0.25, 0.3) is 0 Å². The second kappa shape index (κ2) is 5.48. The molecule has 1 rings (SSSR count). The first kappa shape index (κ1) is 10.8. The summed E-state index contributed by atoms with van der Waals surface area (Å²) >= 11 is 5.93. The number of ether oxygens (including phenoxy) is 1. The normalized spacial score (nSPS) is 9.50. The van der Waals surface area contributed by atoms with E-state index in [0.717, 1.165) is 5.69 Å². The van der Waals surface area contributed by atoms with Crippen molar-refractivity contribution in [2.45, 2.75) is 0 Å². The number of halogens is 1. The molecule has 1 aromatic carbocycles. The van der Waals surface area contributed by atoms with E-state index in [1.807, 2.05) is 6.07 Å². The van der Waals surface area contributed by atoms with Crippen molar-refractivity contribution >= 4 is 17.3 Å². The minimum Gasteiger partial charge on any atom is -0.383 e. The maximum atomic E-state index is 8.62. The van der Waals surface area contributed by atoms with Gasteiger partial charge in [-0.1, -0.05) is 11.6 Å². The number of nitrogens with one attached hydrogen (secondary N) is 1. The minimum absolute atomic E-state index is 0.556. The molecule has 0 radical (unpaired) electrons. The molecular weight excluding hydrogens is 200 g/mol. The number of nitrogens with zero attached hydrogens (tertiary/aromatic N) is 1. The highest BCUT2D eigenvalue weighted by molar-refractivity contribution is 6.33. The van der Waals surface area contributed by atoms with Gasteiger partial charge in [-0.25, -0.2) is 0 Å². The third kappa shape index (κ3) is 2.91. The number of anilines is 1. The van der Waals surface area contributed by atoms with E-state index in [-0.39, 0.29) is 0 Å². The Morgan fingerprint density at radius 1 is 1.57 bits per heavy atom. The molecule has 1 aromatic rings. The van der Waals surface area contributed by atoms with Crippen molar-refractivity contribution in [3.63, 3.8) is 0 Å².